The molecule has 86 valence electrons. The Morgan fingerprint density at radius 1 is 1.53 bits per heavy atom. The van der Waals surface area contributed by atoms with Crippen LogP contribution in [0.4, 0.5) is 0 Å². The molecule has 2 aromatic rings. The summed E-state index contributed by atoms with van der Waals surface area (Å²) in [5.74, 6) is -0.224. The fraction of sp³-hybridized carbons (Fsp3) is 0.0909. The Labute approximate surface area is 111 Å². The Kier molecular flexibility index (Phi) is 3.79. The molecule has 0 atom stereocenters. The topological polar surface area (TPSA) is 56.9 Å². The second-order valence-electron chi connectivity index (χ2n) is 3.08. The van der Waals surface area contributed by atoms with Gasteiger partial charge in [-0.2, -0.15) is 5.26 Å². The molecule has 2 heterocycles. The molecule has 0 aromatic carbocycles. The molecule has 0 saturated carbocycles. The summed E-state index contributed by atoms with van der Waals surface area (Å²) >= 11 is 8.40. The minimum absolute atomic E-state index is 0.0865. The van der Waals surface area contributed by atoms with Gasteiger partial charge < -0.3 is 5.11 Å². The number of alkyl halides is 1. The third kappa shape index (κ3) is 2.50. The number of halogens is 1. The quantitative estimate of drug-likeness (QED) is 0.528. The van der Waals surface area contributed by atoms with Crippen molar-refractivity contribution in [3.63, 3.8) is 0 Å². The molecule has 2 aromatic heterocycles. The van der Waals surface area contributed by atoms with E-state index in [-0.39, 0.29) is 17.2 Å². The van der Waals surface area contributed by atoms with E-state index in [1.165, 1.54) is 11.3 Å². The van der Waals surface area contributed by atoms with Crippen LogP contribution in [-0.2, 0) is 0 Å². The highest BCUT2D eigenvalue weighted by Crippen LogP contribution is 2.29. The van der Waals surface area contributed by atoms with Crippen molar-refractivity contribution in [2.45, 2.75) is 0 Å². The average Bonchev–Trinajstić information content (AvgIpc) is 2.99. The van der Waals surface area contributed by atoms with Crippen molar-refractivity contribution in [1.29, 1.82) is 5.26 Å². The smallest absolute Gasteiger partial charge is 0.138 e. The number of hydrogen-bond donors (Lipinski definition) is 1. The van der Waals surface area contributed by atoms with Crippen molar-refractivity contribution in [3.8, 4) is 16.6 Å². The summed E-state index contributed by atoms with van der Waals surface area (Å²) in [5.41, 5.74) is 0.961. The van der Waals surface area contributed by atoms with Gasteiger partial charge in [-0.1, -0.05) is 6.07 Å². The molecule has 3 nitrogen and oxygen atoms in total. The molecule has 0 spiro atoms. The van der Waals surface area contributed by atoms with Crippen molar-refractivity contribution in [2.75, 3.05) is 5.88 Å². The van der Waals surface area contributed by atoms with Crippen molar-refractivity contribution in [2.24, 2.45) is 0 Å². The maximum absolute atomic E-state index is 9.51. The number of aliphatic hydroxyl groups is 1. The van der Waals surface area contributed by atoms with Gasteiger partial charge in [0.15, 0.2) is 0 Å². The second kappa shape index (κ2) is 5.32. The number of aliphatic hydroxyl groups excluding tert-OH is 1. The predicted molar refractivity (Wildman–Crippen MR) is 71.3 cm³/mol. The minimum Gasteiger partial charge on any atom is -0.510 e. The highest BCUT2D eigenvalue weighted by molar-refractivity contribution is 7.14. The molecule has 0 aliphatic rings. The molecule has 0 amide bonds. The Hall–Kier alpha value is -1.35. The Morgan fingerprint density at radius 2 is 2.35 bits per heavy atom. The lowest BCUT2D eigenvalue weighted by Crippen LogP contribution is -1.90. The van der Waals surface area contributed by atoms with Gasteiger partial charge in [0.2, 0.25) is 0 Å². The van der Waals surface area contributed by atoms with E-state index in [1.54, 1.807) is 11.3 Å². The van der Waals surface area contributed by atoms with Crippen molar-refractivity contribution in [1.82, 2.24) is 4.98 Å². The van der Waals surface area contributed by atoms with Crippen LogP contribution >= 0.6 is 34.3 Å². The summed E-state index contributed by atoms with van der Waals surface area (Å²) in [6.07, 6.45) is 0. The SMILES string of the molecule is N#CC(=C(O)CCl)c1nc(-c2cccs2)cs1. The summed E-state index contributed by atoms with van der Waals surface area (Å²) in [7, 11) is 0. The van der Waals surface area contributed by atoms with E-state index < -0.39 is 0 Å². The van der Waals surface area contributed by atoms with Gasteiger partial charge in [-0.05, 0) is 11.4 Å². The van der Waals surface area contributed by atoms with Gasteiger partial charge in [-0.3, -0.25) is 0 Å². The Bertz CT molecular complexity index is 581. The van der Waals surface area contributed by atoms with Crippen molar-refractivity contribution in [3.05, 3.63) is 33.7 Å². The lowest BCUT2D eigenvalue weighted by molar-refractivity contribution is 0.420. The van der Waals surface area contributed by atoms with Crippen LogP contribution in [0.25, 0.3) is 16.1 Å². The molecule has 1 N–H and O–H groups in total. The predicted octanol–water partition coefficient (Wildman–Crippen LogP) is 3.90. The third-order valence-electron chi connectivity index (χ3n) is 2.02. The molecule has 17 heavy (non-hydrogen) atoms. The molecule has 0 unspecified atom stereocenters. The van der Waals surface area contributed by atoms with Gasteiger partial charge in [0.25, 0.3) is 0 Å². The van der Waals surface area contributed by atoms with Gasteiger partial charge in [0.1, 0.15) is 22.4 Å². The molecule has 0 bridgehead atoms. The van der Waals surface area contributed by atoms with E-state index in [0.29, 0.717) is 5.01 Å². The van der Waals surface area contributed by atoms with E-state index >= 15 is 0 Å². The van der Waals surface area contributed by atoms with Crippen LogP contribution in [0, 0.1) is 11.3 Å². The summed E-state index contributed by atoms with van der Waals surface area (Å²) < 4.78 is 0. The number of aromatic nitrogens is 1. The number of rotatable bonds is 3. The molecule has 0 fully saturated rings. The fourth-order valence-electron chi connectivity index (χ4n) is 1.23. The normalized spacial score (nSPS) is 12.0. The van der Waals surface area contributed by atoms with E-state index in [2.05, 4.69) is 4.98 Å². The number of thiophene rings is 1. The number of nitriles is 1. The monoisotopic (exact) mass is 282 g/mol. The molecule has 0 radical (unpaired) electrons. The average molecular weight is 283 g/mol. The number of hydrogen-bond acceptors (Lipinski definition) is 5. The number of nitrogens with zero attached hydrogens (tertiary/aromatic N) is 2. The van der Waals surface area contributed by atoms with Gasteiger partial charge in [0.05, 0.1) is 16.5 Å². The first kappa shape index (κ1) is 12.1. The first-order valence-corrected chi connectivity index (χ1v) is 6.93. The maximum Gasteiger partial charge on any atom is 0.138 e. The van der Waals surface area contributed by atoms with Crippen LogP contribution in [0.5, 0.6) is 0 Å². The largest absolute Gasteiger partial charge is 0.510 e. The fourth-order valence-corrected chi connectivity index (χ4v) is 2.96. The lowest BCUT2D eigenvalue weighted by Gasteiger charge is -1.96. The number of thiazole rings is 1. The van der Waals surface area contributed by atoms with Crippen LogP contribution < -0.4 is 0 Å². The highest BCUT2D eigenvalue weighted by atomic mass is 35.5. The van der Waals surface area contributed by atoms with Crippen LogP contribution in [0.3, 0.4) is 0 Å². The summed E-state index contributed by atoms with van der Waals surface area (Å²) in [4.78, 5) is 5.36. The van der Waals surface area contributed by atoms with Crippen LogP contribution in [0.15, 0.2) is 28.7 Å². The molecule has 0 aliphatic carbocycles. The standard InChI is InChI=1S/C11H7ClN2OS2/c12-4-9(15)7(5-13)11-14-8(6-17-11)10-2-1-3-16-10/h1-3,6,15H,4H2. The van der Waals surface area contributed by atoms with Gasteiger partial charge in [0, 0.05) is 5.38 Å². The first-order valence-electron chi connectivity index (χ1n) is 4.64. The van der Waals surface area contributed by atoms with E-state index in [4.69, 9.17) is 16.9 Å². The van der Waals surface area contributed by atoms with Crippen LogP contribution in [-0.4, -0.2) is 16.0 Å². The third-order valence-corrected chi connectivity index (χ3v) is 4.02. The van der Waals surface area contributed by atoms with E-state index in [1.807, 2.05) is 29.0 Å². The maximum atomic E-state index is 9.51. The molecule has 0 saturated heterocycles. The highest BCUT2D eigenvalue weighted by Gasteiger charge is 2.13. The summed E-state index contributed by atoms with van der Waals surface area (Å²) in [6.45, 7) is 0. The van der Waals surface area contributed by atoms with Crippen LogP contribution in [0.1, 0.15) is 5.01 Å². The zero-order valence-corrected chi connectivity index (χ0v) is 10.9. The minimum atomic E-state index is -0.138. The molecule has 0 aliphatic heterocycles. The van der Waals surface area contributed by atoms with Crippen molar-refractivity contribution < 1.29 is 5.11 Å². The molecule has 6 heteroatoms. The zero-order valence-electron chi connectivity index (χ0n) is 8.55. The van der Waals surface area contributed by atoms with Crippen LogP contribution in [0.2, 0.25) is 0 Å². The first-order chi connectivity index (χ1) is 8.26. The van der Waals surface area contributed by atoms with Gasteiger partial charge in [-0.25, -0.2) is 4.98 Å². The van der Waals surface area contributed by atoms with Gasteiger partial charge in [-0.15, -0.1) is 34.3 Å². The Balaban J connectivity index is 2.40. The van der Waals surface area contributed by atoms with Gasteiger partial charge >= 0.3 is 0 Å². The molecule has 2 rings (SSSR count). The van der Waals surface area contributed by atoms with Crippen molar-refractivity contribution >= 4 is 39.8 Å². The molecular weight excluding hydrogens is 276 g/mol. The Morgan fingerprint density at radius 3 is 2.94 bits per heavy atom. The molecular formula is C11H7ClN2OS2. The zero-order chi connectivity index (χ0) is 12.3. The summed E-state index contributed by atoms with van der Waals surface area (Å²) in [6, 6.07) is 5.82. The summed E-state index contributed by atoms with van der Waals surface area (Å²) in [5, 5.41) is 22.8. The number of allylic oxidation sites excluding steroid dienone is 2. The lowest BCUT2D eigenvalue weighted by atomic mass is 10.2. The second-order valence-corrected chi connectivity index (χ2v) is 5.16. The van der Waals surface area contributed by atoms with E-state index in [9.17, 15) is 5.11 Å². The van der Waals surface area contributed by atoms with E-state index in [0.717, 1.165) is 10.6 Å².